The molecule has 3 rings (SSSR count). The van der Waals surface area contributed by atoms with Crippen LogP contribution in [0.3, 0.4) is 0 Å². The topological polar surface area (TPSA) is 122 Å². The highest BCUT2D eigenvalue weighted by molar-refractivity contribution is 7.92. The highest BCUT2D eigenvalue weighted by atomic mass is 32.2. The van der Waals surface area contributed by atoms with Gasteiger partial charge in [-0.2, -0.15) is 0 Å². The van der Waals surface area contributed by atoms with Crippen molar-refractivity contribution in [3.05, 3.63) is 36.7 Å². The van der Waals surface area contributed by atoms with Gasteiger partial charge in [-0.25, -0.2) is 18.4 Å². The number of sulfonamides is 1. The van der Waals surface area contributed by atoms with E-state index in [4.69, 9.17) is 17.0 Å². The third kappa shape index (κ3) is 7.13. The minimum Gasteiger partial charge on any atom is -0.481 e. The van der Waals surface area contributed by atoms with Crippen molar-refractivity contribution in [1.82, 2.24) is 15.3 Å². The van der Waals surface area contributed by atoms with E-state index in [0.29, 0.717) is 18.0 Å². The number of methoxy groups -OCH3 is 1. The second kappa shape index (κ2) is 11.2. The largest absolute Gasteiger partial charge is 0.481 e. The summed E-state index contributed by atoms with van der Waals surface area (Å²) in [6.07, 6.45) is 8.73. The number of ether oxygens (including phenoxy) is 1. The molecular formula is C21H27N5O4S2. The zero-order valence-electron chi connectivity index (χ0n) is 17.8. The van der Waals surface area contributed by atoms with Crippen molar-refractivity contribution in [3.63, 3.8) is 0 Å². The Morgan fingerprint density at radius 2 is 1.88 bits per heavy atom. The van der Waals surface area contributed by atoms with Gasteiger partial charge in [0.1, 0.15) is 12.1 Å². The van der Waals surface area contributed by atoms with Crippen LogP contribution < -0.4 is 20.1 Å². The van der Waals surface area contributed by atoms with Crippen LogP contribution in [0, 0.1) is 5.92 Å². The van der Waals surface area contributed by atoms with Crippen molar-refractivity contribution >= 4 is 44.8 Å². The lowest BCUT2D eigenvalue weighted by Crippen LogP contribution is -2.34. The standard InChI is InChI=1S/C21H27N5O4S2/c1-30-20-13-18(22-14-23-20)26-32(28,29)17-10-8-16(9-11-17)24-21(31)25-19(27)12-7-15-5-3-2-4-6-15/h8-11,13-15H,2-7,12H2,1H3,(H,22,23,26)(H2,24,25,27,31). The number of thiocarbonyl (C=S) groups is 1. The first kappa shape index (κ1) is 23.9. The molecule has 1 amide bonds. The normalized spacial score (nSPS) is 14.4. The molecule has 2 aromatic rings. The van der Waals surface area contributed by atoms with Gasteiger partial charge in [0.05, 0.1) is 12.0 Å². The summed E-state index contributed by atoms with van der Waals surface area (Å²) < 4.78 is 32.5. The Morgan fingerprint density at radius 1 is 1.16 bits per heavy atom. The summed E-state index contributed by atoms with van der Waals surface area (Å²) in [6.45, 7) is 0. The predicted molar refractivity (Wildman–Crippen MR) is 126 cm³/mol. The molecule has 0 bridgehead atoms. The zero-order valence-corrected chi connectivity index (χ0v) is 19.5. The van der Waals surface area contributed by atoms with E-state index in [0.717, 1.165) is 6.42 Å². The third-order valence-corrected chi connectivity index (χ3v) is 6.84. The fourth-order valence-corrected chi connectivity index (χ4v) is 4.81. The third-order valence-electron chi connectivity index (χ3n) is 5.27. The minimum absolute atomic E-state index is 0.0445. The molecule has 32 heavy (non-hydrogen) atoms. The number of anilines is 2. The molecule has 172 valence electrons. The molecule has 1 aliphatic rings. The highest BCUT2D eigenvalue weighted by Gasteiger charge is 2.17. The summed E-state index contributed by atoms with van der Waals surface area (Å²) in [6, 6.07) is 7.36. The summed E-state index contributed by atoms with van der Waals surface area (Å²) in [5.74, 6) is 0.849. The molecule has 0 unspecified atom stereocenters. The van der Waals surface area contributed by atoms with E-state index in [1.54, 1.807) is 12.1 Å². The van der Waals surface area contributed by atoms with Gasteiger partial charge in [-0.05, 0) is 48.8 Å². The van der Waals surface area contributed by atoms with Gasteiger partial charge in [0.15, 0.2) is 5.11 Å². The Bertz CT molecular complexity index is 1040. The van der Waals surface area contributed by atoms with Crippen LogP contribution in [0.25, 0.3) is 0 Å². The summed E-state index contributed by atoms with van der Waals surface area (Å²) in [5, 5.41) is 5.76. The zero-order chi connectivity index (χ0) is 23.0. The summed E-state index contributed by atoms with van der Waals surface area (Å²) in [4.78, 5) is 19.9. The van der Waals surface area contributed by atoms with Gasteiger partial charge in [-0.3, -0.25) is 9.52 Å². The fourth-order valence-electron chi connectivity index (χ4n) is 3.58. The van der Waals surface area contributed by atoms with Gasteiger partial charge in [-0.15, -0.1) is 0 Å². The number of carbonyl (C=O) groups excluding carboxylic acids is 1. The molecule has 1 fully saturated rings. The number of benzene rings is 1. The van der Waals surface area contributed by atoms with E-state index in [1.165, 1.54) is 63.7 Å². The molecule has 1 saturated carbocycles. The van der Waals surface area contributed by atoms with Crippen molar-refractivity contribution in [2.45, 2.75) is 49.8 Å². The van der Waals surface area contributed by atoms with Crippen LogP contribution in [0.5, 0.6) is 5.88 Å². The van der Waals surface area contributed by atoms with E-state index in [9.17, 15) is 13.2 Å². The van der Waals surface area contributed by atoms with Crippen LogP contribution in [0.1, 0.15) is 44.9 Å². The average molecular weight is 478 g/mol. The number of aromatic nitrogens is 2. The monoisotopic (exact) mass is 477 g/mol. The number of amides is 1. The van der Waals surface area contributed by atoms with Gasteiger partial charge in [0, 0.05) is 18.2 Å². The maximum Gasteiger partial charge on any atom is 0.263 e. The van der Waals surface area contributed by atoms with Crippen LogP contribution in [-0.4, -0.2) is 36.5 Å². The molecule has 1 aromatic carbocycles. The van der Waals surface area contributed by atoms with Gasteiger partial charge >= 0.3 is 0 Å². The van der Waals surface area contributed by atoms with Gasteiger partial charge in [0.2, 0.25) is 11.8 Å². The Morgan fingerprint density at radius 3 is 2.56 bits per heavy atom. The second-order valence-electron chi connectivity index (χ2n) is 7.62. The number of nitrogens with zero attached hydrogens (tertiary/aromatic N) is 2. The van der Waals surface area contributed by atoms with Crippen molar-refractivity contribution in [1.29, 1.82) is 0 Å². The van der Waals surface area contributed by atoms with Crippen molar-refractivity contribution in [3.8, 4) is 5.88 Å². The van der Waals surface area contributed by atoms with E-state index in [2.05, 4.69) is 25.3 Å². The molecule has 1 aromatic heterocycles. The fraction of sp³-hybridized carbons (Fsp3) is 0.429. The maximum absolute atomic E-state index is 12.6. The second-order valence-corrected chi connectivity index (χ2v) is 9.71. The molecule has 1 aliphatic carbocycles. The van der Waals surface area contributed by atoms with E-state index >= 15 is 0 Å². The number of hydrogen-bond acceptors (Lipinski definition) is 7. The van der Waals surface area contributed by atoms with Crippen molar-refractivity contribution < 1.29 is 17.9 Å². The van der Waals surface area contributed by atoms with Crippen molar-refractivity contribution in [2.75, 3.05) is 17.1 Å². The molecule has 9 nitrogen and oxygen atoms in total. The Hall–Kier alpha value is -2.79. The number of carbonyl (C=O) groups is 1. The van der Waals surface area contributed by atoms with E-state index < -0.39 is 10.0 Å². The van der Waals surface area contributed by atoms with Gasteiger partial charge < -0.3 is 15.4 Å². The maximum atomic E-state index is 12.6. The summed E-state index contributed by atoms with van der Waals surface area (Å²) >= 11 is 5.20. The van der Waals surface area contributed by atoms with Crippen LogP contribution in [-0.2, 0) is 14.8 Å². The first-order valence-electron chi connectivity index (χ1n) is 10.5. The molecular weight excluding hydrogens is 450 g/mol. The molecule has 1 heterocycles. The number of rotatable bonds is 8. The smallest absolute Gasteiger partial charge is 0.263 e. The van der Waals surface area contributed by atoms with Gasteiger partial charge in [0.25, 0.3) is 10.0 Å². The van der Waals surface area contributed by atoms with Gasteiger partial charge in [-0.1, -0.05) is 32.1 Å². The van der Waals surface area contributed by atoms with Crippen LogP contribution in [0.4, 0.5) is 11.5 Å². The SMILES string of the molecule is COc1cc(NS(=O)(=O)c2ccc(NC(=S)NC(=O)CCC3CCCCC3)cc2)ncn1. The lowest BCUT2D eigenvalue weighted by Gasteiger charge is -2.21. The van der Waals surface area contributed by atoms with Crippen LogP contribution in [0.15, 0.2) is 41.6 Å². The van der Waals surface area contributed by atoms with E-state index in [1.807, 2.05) is 0 Å². The molecule has 3 N–H and O–H groups in total. The first-order chi connectivity index (χ1) is 15.4. The van der Waals surface area contributed by atoms with Crippen LogP contribution in [0.2, 0.25) is 0 Å². The molecule has 11 heteroatoms. The predicted octanol–water partition coefficient (Wildman–Crippen LogP) is 3.46. The molecule has 0 saturated heterocycles. The van der Waals surface area contributed by atoms with E-state index in [-0.39, 0.29) is 27.6 Å². The quantitative estimate of drug-likeness (QED) is 0.494. The van der Waals surface area contributed by atoms with Crippen molar-refractivity contribution in [2.24, 2.45) is 5.92 Å². The number of nitrogens with one attached hydrogen (secondary N) is 3. The average Bonchev–Trinajstić information content (AvgIpc) is 2.78. The lowest BCUT2D eigenvalue weighted by atomic mass is 9.86. The minimum atomic E-state index is -3.85. The summed E-state index contributed by atoms with van der Waals surface area (Å²) in [7, 11) is -2.42. The molecule has 0 atom stereocenters. The number of hydrogen-bond donors (Lipinski definition) is 3. The molecule has 0 aliphatic heterocycles. The Kier molecular flexibility index (Phi) is 8.34. The molecule has 0 spiro atoms. The Labute approximate surface area is 193 Å². The van der Waals surface area contributed by atoms with Crippen LogP contribution >= 0.6 is 12.2 Å². The Balaban J connectivity index is 1.50. The first-order valence-corrected chi connectivity index (χ1v) is 12.3. The highest BCUT2D eigenvalue weighted by Crippen LogP contribution is 2.27. The summed E-state index contributed by atoms with van der Waals surface area (Å²) in [5.41, 5.74) is 0.560. The molecule has 0 radical (unpaired) electrons. The lowest BCUT2D eigenvalue weighted by molar-refractivity contribution is -0.120.